The van der Waals surface area contributed by atoms with E-state index in [0.29, 0.717) is 45.0 Å². The average molecular weight is 357 g/mol. The second-order valence-electron chi connectivity index (χ2n) is 6.57. The lowest BCUT2D eigenvalue weighted by Gasteiger charge is -2.19. The van der Waals surface area contributed by atoms with Crippen molar-refractivity contribution in [2.75, 3.05) is 32.7 Å². The van der Waals surface area contributed by atoms with Gasteiger partial charge in [0.2, 0.25) is 5.91 Å². The number of hydrogen-bond donors (Lipinski definition) is 4. The van der Waals surface area contributed by atoms with Gasteiger partial charge in [-0.1, -0.05) is 6.92 Å². The fourth-order valence-corrected chi connectivity index (χ4v) is 1.76. The molecule has 146 valence electrons. The fraction of sp³-hybridized carbons (Fsp3) is 0.824. The molecule has 2 amide bonds. The molecule has 25 heavy (non-hydrogen) atoms. The van der Waals surface area contributed by atoms with Gasteiger partial charge in [0.1, 0.15) is 5.60 Å². The maximum atomic E-state index is 11.5. The monoisotopic (exact) mass is 357 g/mol. The highest BCUT2D eigenvalue weighted by Crippen LogP contribution is 2.06. The van der Waals surface area contributed by atoms with Crippen molar-refractivity contribution in [3.8, 4) is 0 Å². The lowest BCUT2D eigenvalue weighted by molar-refractivity contribution is -0.120. The van der Waals surface area contributed by atoms with Crippen molar-refractivity contribution >= 4 is 18.0 Å². The van der Waals surface area contributed by atoms with Gasteiger partial charge in [-0.05, 0) is 40.5 Å². The summed E-state index contributed by atoms with van der Waals surface area (Å²) >= 11 is 0. The smallest absolute Gasteiger partial charge is 0.407 e. The Hall–Kier alpha value is -1.99. The van der Waals surface area contributed by atoms with E-state index in [2.05, 4.69) is 26.3 Å². The van der Waals surface area contributed by atoms with E-state index in [4.69, 9.17) is 4.74 Å². The summed E-state index contributed by atoms with van der Waals surface area (Å²) in [6, 6.07) is 0. The summed E-state index contributed by atoms with van der Waals surface area (Å²) in [6.07, 6.45) is 1.62. The highest BCUT2D eigenvalue weighted by molar-refractivity contribution is 5.81. The van der Waals surface area contributed by atoms with E-state index in [0.717, 1.165) is 13.0 Å². The molecule has 0 aromatic heterocycles. The summed E-state index contributed by atoms with van der Waals surface area (Å²) in [5.41, 5.74) is -0.492. The summed E-state index contributed by atoms with van der Waals surface area (Å²) in [5.74, 6) is 0.704. The maximum Gasteiger partial charge on any atom is 0.407 e. The van der Waals surface area contributed by atoms with E-state index >= 15 is 0 Å². The molecule has 0 saturated carbocycles. The predicted molar refractivity (Wildman–Crippen MR) is 101 cm³/mol. The largest absolute Gasteiger partial charge is 0.444 e. The maximum absolute atomic E-state index is 11.5. The highest BCUT2D eigenvalue weighted by Gasteiger charge is 2.15. The Morgan fingerprint density at radius 3 is 2.28 bits per heavy atom. The number of amides is 2. The lowest BCUT2D eigenvalue weighted by Crippen LogP contribution is -2.39. The van der Waals surface area contributed by atoms with Gasteiger partial charge in [0, 0.05) is 39.1 Å². The van der Waals surface area contributed by atoms with E-state index < -0.39 is 11.7 Å². The van der Waals surface area contributed by atoms with Crippen LogP contribution in [0.2, 0.25) is 0 Å². The second-order valence-corrected chi connectivity index (χ2v) is 6.57. The Labute approximate surface area is 151 Å². The molecule has 0 fully saturated rings. The van der Waals surface area contributed by atoms with Crippen LogP contribution in [0.25, 0.3) is 0 Å². The number of aliphatic imine (C=N–C) groups is 1. The third-order valence-corrected chi connectivity index (χ3v) is 2.83. The zero-order valence-corrected chi connectivity index (χ0v) is 16.3. The van der Waals surface area contributed by atoms with Crippen LogP contribution in [0, 0.1) is 0 Å². The number of guanidine groups is 1. The summed E-state index contributed by atoms with van der Waals surface area (Å²) in [4.78, 5) is 27.5. The van der Waals surface area contributed by atoms with Crippen LogP contribution in [0.3, 0.4) is 0 Å². The first-order valence-corrected chi connectivity index (χ1v) is 9.04. The molecule has 0 saturated heterocycles. The van der Waals surface area contributed by atoms with Gasteiger partial charge in [-0.2, -0.15) is 0 Å². The van der Waals surface area contributed by atoms with Crippen molar-refractivity contribution in [3.05, 3.63) is 0 Å². The standard InChI is InChI=1S/C17H35N5O3/c1-6-10-19-14(23)9-13-21-15(18-7-2)20-11-8-12-22-16(24)25-17(3,4)5/h6-13H2,1-5H3,(H,19,23)(H,22,24)(H2,18,20,21). The molecule has 0 bridgehead atoms. The van der Waals surface area contributed by atoms with Gasteiger partial charge < -0.3 is 26.0 Å². The van der Waals surface area contributed by atoms with Crippen molar-refractivity contribution in [1.29, 1.82) is 0 Å². The third kappa shape index (κ3) is 15.3. The van der Waals surface area contributed by atoms with Gasteiger partial charge in [0.25, 0.3) is 0 Å². The van der Waals surface area contributed by atoms with Crippen LogP contribution in [-0.4, -0.2) is 56.3 Å². The van der Waals surface area contributed by atoms with Crippen LogP contribution >= 0.6 is 0 Å². The van der Waals surface area contributed by atoms with Gasteiger partial charge in [-0.25, -0.2) is 4.79 Å². The molecule has 0 atom stereocenters. The minimum absolute atomic E-state index is 0.0340. The first-order chi connectivity index (χ1) is 11.8. The SMILES string of the molecule is CCCNC(=O)CCNC(=NCCCNC(=O)OC(C)(C)C)NCC. The second kappa shape index (κ2) is 13.3. The number of carbonyl (C=O) groups is 2. The lowest BCUT2D eigenvalue weighted by atomic mass is 10.2. The molecule has 8 nitrogen and oxygen atoms in total. The van der Waals surface area contributed by atoms with Crippen LogP contribution < -0.4 is 21.3 Å². The van der Waals surface area contributed by atoms with Crippen molar-refractivity contribution in [3.63, 3.8) is 0 Å². The summed E-state index contributed by atoms with van der Waals surface area (Å²) in [6.45, 7) is 12.5. The first-order valence-electron chi connectivity index (χ1n) is 9.04. The zero-order chi connectivity index (χ0) is 19.1. The van der Waals surface area contributed by atoms with E-state index in [1.165, 1.54) is 0 Å². The number of nitrogens with zero attached hydrogens (tertiary/aromatic N) is 1. The Morgan fingerprint density at radius 2 is 1.68 bits per heavy atom. The van der Waals surface area contributed by atoms with Crippen molar-refractivity contribution in [2.24, 2.45) is 4.99 Å². The number of alkyl carbamates (subject to hydrolysis) is 1. The van der Waals surface area contributed by atoms with Crippen LogP contribution in [-0.2, 0) is 9.53 Å². The minimum Gasteiger partial charge on any atom is -0.444 e. The van der Waals surface area contributed by atoms with Crippen molar-refractivity contribution < 1.29 is 14.3 Å². The highest BCUT2D eigenvalue weighted by atomic mass is 16.6. The van der Waals surface area contributed by atoms with Crippen LogP contribution in [0.1, 0.15) is 53.9 Å². The fourth-order valence-electron chi connectivity index (χ4n) is 1.76. The summed E-state index contributed by atoms with van der Waals surface area (Å²) < 4.78 is 5.16. The van der Waals surface area contributed by atoms with Crippen LogP contribution in [0.4, 0.5) is 4.79 Å². The molecular weight excluding hydrogens is 322 g/mol. The Balaban J connectivity index is 3.99. The molecule has 0 aromatic carbocycles. The number of ether oxygens (including phenoxy) is 1. The van der Waals surface area contributed by atoms with Crippen LogP contribution in [0.15, 0.2) is 4.99 Å². The molecule has 0 aliphatic carbocycles. The van der Waals surface area contributed by atoms with Gasteiger partial charge in [-0.3, -0.25) is 9.79 Å². The van der Waals surface area contributed by atoms with E-state index in [1.54, 1.807) is 0 Å². The van der Waals surface area contributed by atoms with Gasteiger partial charge in [0.15, 0.2) is 5.96 Å². The molecule has 0 unspecified atom stereocenters. The number of carbonyl (C=O) groups excluding carboxylic acids is 2. The Morgan fingerprint density at radius 1 is 0.960 bits per heavy atom. The Bertz CT molecular complexity index is 419. The molecule has 0 radical (unpaired) electrons. The molecule has 4 N–H and O–H groups in total. The van der Waals surface area contributed by atoms with Crippen molar-refractivity contribution in [1.82, 2.24) is 21.3 Å². The van der Waals surface area contributed by atoms with Crippen molar-refractivity contribution in [2.45, 2.75) is 59.5 Å². The van der Waals surface area contributed by atoms with E-state index in [9.17, 15) is 9.59 Å². The number of rotatable bonds is 10. The molecule has 0 spiro atoms. The Kier molecular flexibility index (Phi) is 12.3. The topological polar surface area (TPSA) is 104 Å². The predicted octanol–water partition coefficient (Wildman–Crippen LogP) is 1.37. The van der Waals surface area contributed by atoms with Gasteiger partial charge >= 0.3 is 6.09 Å². The molecule has 0 heterocycles. The average Bonchev–Trinajstić information content (AvgIpc) is 2.50. The zero-order valence-electron chi connectivity index (χ0n) is 16.3. The number of nitrogens with one attached hydrogen (secondary N) is 4. The normalized spacial score (nSPS) is 11.6. The number of hydrogen-bond acceptors (Lipinski definition) is 4. The molecule has 0 rings (SSSR count). The van der Waals surface area contributed by atoms with E-state index in [1.807, 2.05) is 34.6 Å². The van der Waals surface area contributed by atoms with Crippen LogP contribution in [0.5, 0.6) is 0 Å². The molecule has 0 aromatic rings. The minimum atomic E-state index is -0.492. The molecule has 8 heteroatoms. The quantitative estimate of drug-likeness (QED) is 0.269. The molecule has 0 aliphatic heterocycles. The third-order valence-electron chi connectivity index (χ3n) is 2.83. The van der Waals surface area contributed by atoms with Gasteiger partial charge in [0.05, 0.1) is 0 Å². The van der Waals surface area contributed by atoms with Gasteiger partial charge in [-0.15, -0.1) is 0 Å². The summed E-state index contributed by atoms with van der Waals surface area (Å²) in [5, 5.41) is 11.8. The first kappa shape index (κ1) is 23.0. The molecule has 0 aliphatic rings. The summed E-state index contributed by atoms with van der Waals surface area (Å²) in [7, 11) is 0. The van der Waals surface area contributed by atoms with E-state index in [-0.39, 0.29) is 5.91 Å². The molecular formula is C17H35N5O3.